The number of rotatable bonds is 9. The lowest BCUT2D eigenvalue weighted by Crippen LogP contribution is -2.47. The van der Waals surface area contributed by atoms with Gasteiger partial charge >= 0.3 is 0 Å². The zero-order chi connectivity index (χ0) is 25.2. The number of benzene rings is 3. The highest BCUT2D eigenvalue weighted by Gasteiger charge is 2.40. The minimum Gasteiger partial charge on any atom is -0.385 e. The Bertz CT molecular complexity index is 1390. The number of hydrogen-bond acceptors (Lipinski definition) is 3. The van der Waals surface area contributed by atoms with Crippen molar-refractivity contribution in [2.24, 2.45) is 5.92 Å². The van der Waals surface area contributed by atoms with Crippen molar-refractivity contribution in [3.63, 3.8) is 0 Å². The van der Waals surface area contributed by atoms with Crippen LogP contribution in [0.25, 0.3) is 21.7 Å². The van der Waals surface area contributed by atoms with Gasteiger partial charge in [0.1, 0.15) is 0 Å². The normalized spacial score (nSPS) is 19.9. The van der Waals surface area contributed by atoms with Crippen LogP contribution in [-0.4, -0.2) is 48.2 Å². The van der Waals surface area contributed by atoms with E-state index in [0.29, 0.717) is 18.5 Å². The zero-order valence-corrected chi connectivity index (χ0v) is 21.7. The average molecular weight is 496 g/mol. The predicted octanol–water partition coefficient (Wildman–Crippen LogP) is 5.72. The van der Waals surface area contributed by atoms with Gasteiger partial charge in [-0.2, -0.15) is 0 Å². The second kappa shape index (κ2) is 10.7. The summed E-state index contributed by atoms with van der Waals surface area (Å²) in [6, 6.07) is 24.2. The third-order valence-electron chi connectivity index (χ3n) is 8.23. The molecule has 2 fully saturated rings. The second-order valence-corrected chi connectivity index (χ2v) is 10.7. The lowest BCUT2D eigenvalue weighted by molar-refractivity contribution is -0.138. The molecule has 1 aromatic heterocycles. The van der Waals surface area contributed by atoms with Crippen LogP contribution in [0.4, 0.5) is 0 Å². The van der Waals surface area contributed by atoms with Crippen LogP contribution in [0.15, 0.2) is 72.9 Å². The topological polar surface area (TPSA) is 46.5 Å². The fourth-order valence-corrected chi connectivity index (χ4v) is 6.14. The van der Waals surface area contributed by atoms with Crippen LogP contribution in [0.3, 0.4) is 0 Å². The highest BCUT2D eigenvalue weighted by molar-refractivity contribution is 5.86. The van der Waals surface area contributed by atoms with Crippen LogP contribution in [0.5, 0.6) is 0 Å². The molecule has 4 aromatic rings. The van der Waals surface area contributed by atoms with E-state index in [1.165, 1.54) is 32.8 Å². The van der Waals surface area contributed by atoms with Crippen LogP contribution in [0, 0.1) is 5.92 Å². The Labute approximate surface area is 219 Å². The van der Waals surface area contributed by atoms with Crippen LogP contribution < -0.4 is 5.32 Å². The van der Waals surface area contributed by atoms with Gasteiger partial charge in [0, 0.05) is 56.5 Å². The maximum Gasteiger partial charge on any atom is 0.228 e. The molecule has 6 rings (SSSR count). The van der Waals surface area contributed by atoms with E-state index in [1.54, 1.807) is 7.11 Å². The van der Waals surface area contributed by atoms with Gasteiger partial charge in [0.25, 0.3) is 0 Å². The molecule has 0 spiro atoms. The molecule has 1 saturated carbocycles. The molecule has 0 radical (unpaired) electrons. The molecule has 0 unspecified atom stereocenters. The van der Waals surface area contributed by atoms with Gasteiger partial charge in [-0.25, -0.2) is 0 Å². The number of nitrogens with one attached hydrogen (secondary N) is 1. The Hall–Kier alpha value is -3.15. The molecule has 1 amide bonds. The molecule has 1 aliphatic carbocycles. The van der Waals surface area contributed by atoms with E-state index in [9.17, 15) is 4.79 Å². The van der Waals surface area contributed by atoms with Gasteiger partial charge in [0.2, 0.25) is 5.91 Å². The number of nitrogens with zero attached hydrogens (tertiary/aromatic N) is 2. The van der Waals surface area contributed by atoms with E-state index in [0.717, 1.165) is 51.9 Å². The first-order valence-electron chi connectivity index (χ1n) is 13.8. The molecule has 2 aliphatic rings. The first kappa shape index (κ1) is 24.2. The minimum absolute atomic E-state index is 0.0365. The summed E-state index contributed by atoms with van der Waals surface area (Å²) in [5.41, 5.74) is 3.79. The Morgan fingerprint density at radius 3 is 2.68 bits per heavy atom. The molecule has 1 N–H and O–H groups in total. The molecule has 0 bridgehead atoms. The average Bonchev–Trinajstić information content (AvgIpc) is 3.74. The molecule has 1 saturated heterocycles. The fourth-order valence-electron chi connectivity index (χ4n) is 6.14. The first-order chi connectivity index (χ1) is 18.2. The van der Waals surface area contributed by atoms with Crippen LogP contribution in [-0.2, 0) is 22.6 Å². The minimum atomic E-state index is -0.0365. The molecule has 5 nitrogen and oxygen atoms in total. The van der Waals surface area contributed by atoms with Crippen molar-refractivity contribution in [3.8, 4) is 0 Å². The number of fused-ring (bicyclic) bond motifs is 2. The summed E-state index contributed by atoms with van der Waals surface area (Å²) in [7, 11) is 1.75. The Morgan fingerprint density at radius 1 is 1.03 bits per heavy atom. The summed E-state index contributed by atoms with van der Waals surface area (Å²) in [5, 5.41) is 7.29. The van der Waals surface area contributed by atoms with Crippen LogP contribution in [0.1, 0.15) is 42.7 Å². The Morgan fingerprint density at radius 2 is 1.84 bits per heavy atom. The lowest BCUT2D eigenvalue weighted by Gasteiger charge is -2.36. The fraction of sp³-hybridized carbons (Fsp3) is 0.406. The SMILES string of the molecule is COCCCn1cc(CN(C(=O)[C@H]2CNCC[C@@H]2c2ccc3ccccc3c2)C2CC2)c2ccccc21. The smallest absolute Gasteiger partial charge is 0.228 e. The van der Waals surface area contributed by atoms with Crippen molar-refractivity contribution in [3.05, 3.63) is 84.1 Å². The maximum absolute atomic E-state index is 14.2. The summed E-state index contributed by atoms with van der Waals surface area (Å²) in [6.07, 6.45) is 6.45. The monoisotopic (exact) mass is 495 g/mol. The van der Waals surface area contributed by atoms with Gasteiger partial charge in [0.15, 0.2) is 0 Å². The van der Waals surface area contributed by atoms with Crippen LogP contribution in [0.2, 0.25) is 0 Å². The second-order valence-electron chi connectivity index (χ2n) is 10.7. The third-order valence-corrected chi connectivity index (χ3v) is 8.23. The third kappa shape index (κ3) is 5.03. The van der Waals surface area contributed by atoms with Gasteiger partial charge < -0.3 is 19.5 Å². The van der Waals surface area contributed by atoms with E-state index < -0.39 is 0 Å². The van der Waals surface area contributed by atoms with Crippen molar-refractivity contribution in [2.75, 3.05) is 26.8 Å². The number of amides is 1. The number of piperidine rings is 1. The standard InChI is InChI=1S/C32H37N3O2/c1-37-18-6-17-34-21-26(29-9-4-5-10-31(29)34)22-35(27-13-14-27)32(36)30-20-33-16-15-28(30)25-12-11-23-7-2-3-8-24(23)19-25/h2-5,7-12,19,21,27-28,30,33H,6,13-18,20,22H2,1H3/t28-,30+/m1/s1. The summed E-state index contributed by atoms with van der Waals surface area (Å²) >= 11 is 0. The number of ether oxygens (including phenoxy) is 1. The van der Waals surface area contributed by atoms with Crippen molar-refractivity contribution in [1.29, 1.82) is 0 Å². The quantitative estimate of drug-likeness (QED) is 0.302. The van der Waals surface area contributed by atoms with E-state index in [-0.39, 0.29) is 11.8 Å². The largest absolute Gasteiger partial charge is 0.385 e. The molecular weight excluding hydrogens is 458 g/mol. The van der Waals surface area contributed by atoms with Crippen molar-refractivity contribution < 1.29 is 9.53 Å². The molecule has 2 heterocycles. The molecule has 192 valence electrons. The maximum atomic E-state index is 14.2. The van der Waals surface area contributed by atoms with Crippen molar-refractivity contribution in [2.45, 2.75) is 50.7 Å². The van der Waals surface area contributed by atoms with Gasteiger partial charge in [-0.1, -0.05) is 60.7 Å². The van der Waals surface area contributed by atoms with Crippen molar-refractivity contribution >= 4 is 27.6 Å². The predicted molar refractivity (Wildman–Crippen MR) is 150 cm³/mol. The number of carbonyl (C=O) groups is 1. The Balaban J connectivity index is 1.28. The van der Waals surface area contributed by atoms with Gasteiger partial charge in [-0.15, -0.1) is 0 Å². The number of aromatic nitrogens is 1. The van der Waals surface area contributed by atoms with E-state index >= 15 is 0 Å². The van der Waals surface area contributed by atoms with E-state index in [2.05, 4.69) is 87.7 Å². The highest BCUT2D eigenvalue weighted by atomic mass is 16.5. The van der Waals surface area contributed by atoms with Gasteiger partial charge in [-0.05, 0) is 66.1 Å². The molecule has 37 heavy (non-hydrogen) atoms. The summed E-state index contributed by atoms with van der Waals surface area (Å²) < 4.78 is 7.62. The number of hydrogen-bond donors (Lipinski definition) is 1. The molecule has 3 aromatic carbocycles. The number of methoxy groups -OCH3 is 1. The number of carbonyl (C=O) groups excluding carboxylic acids is 1. The number of aryl methyl sites for hydroxylation is 1. The van der Waals surface area contributed by atoms with Crippen LogP contribution >= 0.6 is 0 Å². The summed E-state index contributed by atoms with van der Waals surface area (Å²) in [6.45, 7) is 4.06. The molecule has 1 aliphatic heterocycles. The first-order valence-corrected chi connectivity index (χ1v) is 13.8. The summed E-state index contributed by atoms with van der Waals surface area (Å²) in [5.74, 6) is 0.518. The zero-order valence-electron chi connectivity index (χ0n) is 21.7. The van der Waals surface area contributed by atoms with Gasteiger partial charge in [0.05, 0.1) is 5.92 Å². The Kier molecular flexibility index (Phi) is 6.99. The van der Waals surface area contributed by atoms with E-state index in [1.807, 2.05) is 0 Å². The highest BCUT2D eigenvalue weighted by Crippen LogP contribution is 2.37. The van der Waals surface area contributed by atoms with Gasteiger partial charge in [-0.3, -0.25) is 4.79 Å². The molecule has 2 atom stereocenters. The summed E-state index contributed by atoms with van der Waals surface area (Å²) in [4.78, 5) is 16.4. The van der Waals surface area contributed by atoms with Crippen molar-refractivity contribution in [1.82, 2.24) is 14.8 Å². The van der Waals surface area contributed by atoms with E-state index in [4.69, 9.17) is 4.74 Å². The molecule has 5 heteroatoms. The lowest BCUT2D eigenvalue weighted by atomic mass is 9.79. The number of para-hydroxylation sites is 1. The molecular formula is C32H37N3O2.